The molecule has 0 atom stereocenters. The molecule has 0 unspecified atom stereocenters. The van der Waals surface area contributed by atoms with Crippen LogP contribution in [0.4, 0.5) is 18.9 Å². The number of pyridine rings is 1. The summed E-state index contributed by atoms with van der Waals surface area (Å²) in [4.78, 5) is 17.6. The number of anilines is 1. The van der Waals surface area contributed by atoms with Crippen molar-refractivity contribution in [3.63, 3.8) is 0 Å². The molecule has 0 spiro atoms. The second-order valence-electron chi connectivity index (χ2n) is 5.83. The first kappa shape index (κ1) is 18.9. The minimum atomic E-state index is -4.75. The lowest BCUT2D eigenvalue weighted by atomic mass is 10.1. The first-order valence-electron chi connectivity index (χ1n) is 7.91. The molecule has 140 valence electrons. The van der Waals surface area contributed by atoms with Gasteiger partial charge < -0.3 is 10.1 Å². The van der Waals surface area contributed by atoms with E-state index in [-0.39, 0.29) is 11.7 Å². The van der Waals surface area contributed by atoms with Crippen LogP contribution < -0.4 is 10.1 Å². The summed E-state index contributed by atoms with van der Waals surface area (Å²) in [6, 6.07) is 9.18. The molecule has 0 radical (unpaired) electrons. The maximum Gasteiger partial charge on any atom is 0.573 e. The van der Waals surface area contributed by atoms with Crippen molar-refractivity contribution in [2.45, 2.75) is 20.2 Å². The molecule has 27 heavy (non-hydrogen) atoms. The number of ether oxygens (including phenoxy) is 1. The number of aromatic nitrogens is 1. The largest absolute Gasteiger partial charge is 0.573 e. The van der Waals surface area contributed by atoms with Crippen LogP contribution in [0.1, 0.15) is 20.8 Å². The molecule has 0 saturated carbocycles. The van der Waals surface area contributed by atoms with Crippen LogP contribution in [0.15, 0.2) is 48.8 Å². The molecule has 3 aromatic rings. The summed E-state index contributed by atoms with van der Waals surface area (Å²) in [5.41, 5.74) is 2.85. The second kappa shape index (κ2) is 7.40. The first-order valence-corrected chi connectivity index (χ1v) is 8.73. The summed E-state index contributed by atoms with van der Waals surface area (Å²) in [5.74, 6) is -0.587. The molecule has 0 aliphatic carbocycles. The number of benzene rings is 1. The lowest BCUT2D eigenvalue weighted by Gasteiger charge is -2.11. The third-order valence-electron chi connectivity index (χ3n) is 3.81. The number of nitrogens with one attached hydrogen (secondary N) is 1. The van der Waals surface area contributed by atoms with Crippen LogP contribution in [0.5, 0.6) is 5.75 Å². The van der Waals surface area contributed by atoms with E-state index in [1.807, 2.05) is 6.92 Å². The molecule has 0 bridgehead atoms. The van der Waals surface area contributed by atoms with E-state index in [1.165, 1.54) is 23.5 Å². The number of nitrogens with zero attached hydrogens (tertiary/aromatic N) is 1. The quantitative estimate of drug-likeness (QED) is 0.631. The molecule has 8 heteroatoms. The van der Waals surface area contributed by atoms with Gasteiger partial charge in [-0.05, 0) is 60.9 Å². The molecule has 0 fully saturated rings. The van der Waals surface area contributed by atoms with Crippen molar-refractivity contribution in [3.05, 3.63) is 64.8 Å². The highest BCUT2D eigenvalue weighted by Crippen LogP contribution is 2.35. The van der Waals surface area contributed by atoms with Gasteiger partial charge in [0, 0.05) is 23.0 Å². The Bertz CT molecular complexity index is 983. The third-order valence-corrected chi connectivity index (χ3v) is 4.92. The van der Waals surface area contributed by atoms with Gasteiger partial charge in [-0.2, -0.15) is 0 Å². The number of carbonyl (C=O) groups is 1. The topological polar surface area (TPSA) is 51.2 Å². The molecule has 2 heterocycles. The van der Waals surface area contributed by atoms with E-state index in [4.69, 9.17) is 0 Å². The standard InChI is InChI=1S/C19H15F3N2O2S/c1-11-3-4-13(26-19(20,21)22)9-14(11)16-5-6-17(27-16)18(25)24-15-7-8-23-10-12(15)2/h3-10H,1-2H3,(H,23,24,25). The Hall–Kier alpha value is -2.87. The highest BCUT2D eigenvalue weighted by Gasteiger charge is 2.31. The summed E-state index contributed by atoms with van der Waals surface area (Å²) < 4.78 is 41.3. The van der Waals surface area contributed by atoms with Crippen molar-refractivity contribution < 1.29 is 22.7 Å². The Morgan fingerprint density at radius 3 is 2.59 bits per heavy atom. The van der Waals surface area contributed by atoms with Crippen molar-refractivity contribution in [2.24, 2.45) is 0 Å². The molecule has 1 aromatic carbocycles. The maximum absolute atomic E-state index is 12.5. The number of halogens is 3. The SMILES string of the molecule is Cc1cnccc1NC(=O)c1ccc(-c2cc(OC(F)(F)F)ccc2C)s1. The van der Waals surface area contributed by atoms with Crippen molar-refractivity contribution >= 4 is 22.9 Å². The number of hydrogen-bond acceptors (Lipinski definition) is 4. The molecule has 1 N–H and O–H groups in total. The minimum absolute atomic E-state index is 0.291. The van der Waals surface area contributed by atoms with Crippen molar-refractivity contribution in [2.75, 3.05) is 5.32 Å². The zero-order chi connectivity index (χ0) is 19.6. The molecule has 2 aromatic heterocycles. The fourth-order valence-electron chi connectivity index (χ4n) is 2.47. The lowest BCUT2D eigenvalue weighted by molar-refractivity contribution is -0.274. The zero-order valence-electron chi connectivity index (χ0n) is 14.4. The van der Waals surface area contributed by atoms with Gasteiger partial charge in [-0.15, -0.1) is 24.5 Å². The number of carbonyl (C=O) groups excluding carboxylic acids is 1. The van der Waals surface area contributed by atoms with Crippen LogP contribution in [-0.4, -0.2) is 17.3 Å². The molecule has 0 saturated heterocycles. The molecular weight excluding hydrogens is 377 g/mol. The fourth-order valence-corrected chi connectivity index (χ4v) is 3.45. The number of rotatable bonds is 4. The molecule has 3 rings (SSSR count). The van der Waals surface area contributed by atoms with Gasteiger partial charge in [0.25, 0.3) is 5.91 Å². The Kier molecular flexibility index (Phi) is 5.18. The van der Waals surface area contributed by atoms with Gasteiger partial charge in [-0.3, -0.25) is 9.78 Å². The van der Waals surface area contributed by atoms with E-state index < -0.39 is 6.36 Å². The normalized spacial score (nSPS) is 11.3. The Morgan fingerprint density at radius 1 is 1.11 bits per heavy atom. The van der Waals surface area contributed by atoms with Gasteiger partial charge in [0.05, 0.1) is 4.88 Å². The van der Waals surface area contributed by atoms with Gasteiger partial charge in [-0.1, -0.05) is 6.07 Å². The van der Waals surface area contributed by atoms with E-state index in [9.17, 15) is 18.0 Å². The highest BCUT2D eigenvalue weighted by molar-refractivity contribution is 7.17. The van der Waals surface area contributed by atoms with Crippen molar-refractivity contribution in [3.8, 4) is 16.2 Å². The molecule has 1 amide bonds. The third kappa shape index (κ3) is 4.65. The summed E-state index contributed by atoms with van der Waals surface area (Å²) in [7, 11) is 0. The molecule has 4 nitrogen and oxygen atoms in total. The minimum Gasteiger partial charge on any atom is -0.406 e. The van der Waals surface area contributed by atoms with Gasteiger partial charge in [0.15, 0.2) is 0 Å². The van der Waals surface area contributed by atoms with Crippen LogP contribution in [0.25, 0.3) is 10.4 Å². The van der Waals surface area contributed by atoms with Crippen molar-refractivity contribution in [1.29, 1.82) is 0 Å². The van der Waals surface area contributed by atoms with Crippen LogP contribution in [0.3, 0.4) is 0 Å². The van der Waals surface area contributed by atoms with Gasteiger partial charge in [0.2, 0.25) is 0 Å². The van der Waals surface area contributed by atoms with E-state index in [1.54, 1.807) is 43.6 Å². The summed E-state index contributed by atoms with van der Waals surface area (Å²) in [6.45, 7) is 3.62. The van der Waals surface area contributed by atoms with E-state index >= 15 is 0 Å². The Labute approximate surface area is 157 Å². The van der Waals surface area contributed by atoms with Gasteiger partial charge >= 0.3 is 6.36 Å². The molecular formula is C19H15F3N2O2S. The fraction of sp³-hybridized carbons (Fsp3) is 0.158. The van der Waals surface area contributed by atoms with Crippen LogP contribution in [-0.2, 0) is 0 Å². The highest BCUT2D eigenvalue weighted by atomic mass is 32.1. The predicted molar refractivity (Wildman–Crippen MR) is 98.1 cm³/mol. The number of aryl methyl sites for hydroxylation is 2. The number of hydrogen-bond donors (Lipinski definition) is 1. The smallest absolute Gasteiger partial charge is 0.406 e. The zero-order valence-corrected chi connectivity index (χ0v) is 15.2. The number of alkyl halides is 3. The number of thiophene rings is 1. The van der Waals surface area contributed by atoms with Gasteiger partial charge in [0.1, 0.15) is 5.75 Å². The summed E-state index contributed by atoms with van der Waals surface area (Å²) >= 11 is 1.20. The Morgan fingerprint density at radius 2 is 1.89 bits per heavy atom. The first-order chi connectivity index (χ1) is 12.7. The average Bonchev–Trinajstić information content (AvgIpc) is 3.07. The van der Waals surface area contributed by atoms with Crippen LogP contribution >= 0.6 is 11.3 Å². The van der Waals surface area contributed by atoms with Crippen LogP contribution in [0, 0.1) is 13.8 Å². The maximum atomic E-state index is 12.5. The summed E-state index contributed by atoms with van der Waals surface area (Å²) in [5, 5.41) is 2.81. The second-order valence-corrected chi connectivity index (χ2v) is 6.92. The molecule has 0 aliphatic rings. The predicted octanol–water partition coefficient (Wildman–Crippen LogP) is 5.58. The van der Waals surface area contributed by atoms with E-state index in [0.717, 1.165) is 11.1 Å². The average molecular weight is 392 g/mol. The van der Waals surface area contributed by atoms with Crippen molar-refractivity contribution in [1.82, 2.24) is 4.98 Å². The van der Waals surface area contributed by atoms with Gasteiger partial charge in [-0.25, -0.2) is 0 Å². The lowest BCUT2D eigenvalue weighted by Crippen LogP contribution is -2.17. The monoisotopic (exact) mass is 392 g/mol. The van der Waals surface area contributed by atoms with E-state index in [2.05, 4.69) is 15.0 Å². The van der Waals surface area contributed by atoms with Crippen LogP contribution in [0.2, 0.25) is 0 Å². The summed E-state index contributed by atoms with van der Waals surface area (Å²) in [6.07, 6.45) is -1.53. The van der Waals surface area contributed by atoms with E-state index in [0.29, 0.717) is 21.0 Å². The molecule has 0 aliphatic heterocycles. The Balaban J connectivity index is 1.84. The number of amides is 1.